The Labute approximate surface area is 150 Å². The molecule has 1 fully saturated rings. The Morgan fingerprint density at radius 1 is 1.23 bits per heavy atom. The van der Waals surface area contributed by atoms with Crippen LogP contribution in [0.5, 0.6) is 5.75 Å². The highest BCUT2D eigenvalue weighted by Gasteiger charge is 2.53. The summed E-state index contributed by atoms with van der Waals surface area (Å²) in [5.41, 5.74) is 3.51. The van der Waals surface area contributed by atoms with E-state index in [0.717, 1.165) is 39.9 Å². The van der Waals surface area contributed by atoms with Crippen molar-refractivity contribution < 1.29 is 9.84 Å². The van der Waals surface area contributed by atoms with E-state index in [1.165, 1.54) is 0 Å². The van der Waals surface area contributed by atoms with Crippen LogP contribution >= 0.6 is 0 Å². The number of hydrogen-bond acceptors (Lipinski definition) is 4. The minimum atomic E-state index is -0.268. The van der Waals surface area contributed by atoms with Gasteiger partial charge in [-0.25, -0.2) is 4.98 Å². The molecule has 132 valence electrons. The smallest absolute Gasteiger partial charge is 0.156 e. The minimum Gasteiger partial charge on any atom is -0.489 e. The lowest BCUT2D eigenvalue weighted by molar-refractivity contribution is -0.0880. The van der Waals surface area contributed by atoms with Crippen LogP contribution in [-0.4, -0.2) is 37.8 Å². The molecule has 26 heavy (non-hydrogen) atoms. The second kappa shape index (κ2) is 5.57. The number of fused-ring (bicyclic) bond motifs is 2. The van der Waals surface area contributed by atoms with Gasteiger partial charge in [-0.15, -0.1) is 0 Å². The van der Waals surface area contributed by atoms with Crippen LogP contribution in [0, 0.1) is 5.41 Å². The molecule has 0 bridgehead atoms. The van der Waals surface area contributed by atoms with Crippen LogP contribution in [0.1, 0.15) is 25.0 Å². The number of aromatic amines is 2. The van der Waals surface area contributed by atoms with E-state index in [1.807, 2.05) is 36.5 Å². The van der Waals surface area contributed by atoms with Gasteiger partial charge in [0.05, 0.1) is 6.61 Å². The SMILES string of the molecule is CC1(CO)CC(c2cc3nccnc3[nH]2)C1Oc1ccc2[nH]ccc2c1. The van der Waals surface area contributed by atoms with Gasteiger partial charge in [-0.05, 0) is 36.8 Å². The zero-order valence-electron chi connectivity index (χ0n) is 14.4. The third-order valence-electron chi connectivity index (χ3n) is 5.57. The molecule has 1 aliphatic carbocycles. The Kier molecular flexibility index (Phi) is 3.30. The molecular weight excluding hydrogens is 328 g/mol. The standard InChI is InChI=1S/C20H20N4O2/c1-20(11-25)10-14(16-9-17-19(24-16)23-7-6-22-17)18(20)26-13-2-3-15-12(8-13)4-5-21-15/h2-9,14,18,21,25H,10-11H2,1H3,(H,23,24). The molecule has 1 saturated carbocycles. The quantitative estimate of drug-likeness (QED) is 0.528. The maximum absolute atomic E-state index is 9.92. The van der Waals surface area contributed by atoms with Crippen molar-refractivity contribution in [3.8, 4) is 5.75 Å². The van der Waals surface area contributed by atoms with Crippen LogP contribution in [-0.2, 0) is 0 Å². The number of aromatic nitrogens is 4. The number of rotatable bonds is 4. The number of H-pyrrole nitrogens is 2. The molecule has 5 rings (SSSR count). The van der Waals surface area contributed by atoms with Gasteiger partial charge in [0.15, 0.2) is 5.65 Å². The summed E-state index contributed by atoms with van der Waals surface area (Å²) in [7, 11) is 0. The molecule has 3 aromatic heterocycles. The normalized spacial score (nSPS) is 25.5. The van der Waals surface area contributed by atoms with Crippen molar-refractivity contribution in [1.82, 2.24) is 19.9 Å². The number of hydrogen-bond donors (Lipinski definition) is 3. The Balaban J connectivity index is 1.48. The monoisotopic (exact) mass is 348 g/mol. The Bertz CT molecular complexity index is 1050. The van der Waals surface area contributed by atoms with Gasteiger partial charge in [0.25, 0.3) is 0 Å². The van der Waals surface area contributed by atoms with Gasteiger partial charge in [-0.3, -0.25) is 4.98 Å². The average Bonchev–Trinajstić information content (AvgIpc) is 3.29. The first-order valence-electron chi connectivity index (χ1n) is 8.81. The summed E-state index contributed by atoms with van der Waals surface area (Å²) >= 11 is 0. The van der Waals surface area contributed by atoms with Gasteiger partial charge in [0.2, 0.25) is 0 Å². The predicted molar refractivity (Wildman–Crippen MR) is 99.2 cm³/mol. The van der Waals surface area contributed by atoms with Gasteiger partial charge in [-0.1, -0.05) is 6.92 Å². The molecule has 6 nitrogen and oxygen atoms in total. The highest BCUT2D eigenvalue weighted by molar-refractivity contribution is 5.80. The van der Waals surface area contributed by atoms with Crippen molar-refractivity contribution in [2.24, 2.45) is 5.41 Å². The maximum Gasteiger partial charge on any atom is 0.156 e. The summed E-state index contributed by atoms with van der Waals surface area (Å²) in [6.07, 6.45) is 6.04. The van der Waals surface area contributed by atoms with Crippen LogP contribution in [0.3, 0.4) is 0 Å². The van der Waals surface area contributed by atoms with Crippen LogP contribution in [0.2, 0.25) is 0 Å². The molecule has 0 aliphatic heterocycles. The van der Waals surface area contributed by atoms with Gasteiger partial charge in [0.1, 0.15) is 17.4 Å². The molecule has 3 unspecified atom stereocenters. The zero-order chi connectivity index (χ0) is 17.7. The average molecular weight is 348 g/mol. The molecule has 4 aromatic rings. The molecule has 3 heterocycles. The summed E-state index contributed by atoms with van der Waals surface area (Å²) in [6.45, 7) is 2.17. The summed E-state index contributed by atoms with van der Waals surface area (Å²) in [5.74, 6) is 0.990. The molecular formula is C20H20N4O2. The van der Waals surface area contributed by atoms with Crippen molar-refractivity contribution in [2.45, 2.75) is 25.4 Å². The molecule has 1 aromatic carbocycles. The number of aliphatic hydroxyl groups is 1. The Morgan fingerprint density at radius 2 is 2.12 bits per heavy atom. The first kappa shape index (κ1) is 15.4. The van der Waals surface area contributed by atoms with Gasteiger partial charge in [-0.2, -0.15) is 0 Å². The van der Waals surface area contributed by atoms with E-state index in [4.69, 9.17) is 4.74 Å². The molecule has 1 aliphatic rings. The third-order valence-corrected chi connectivity index (χ3v) is 5.57. The third kappa shape index (κ3) is 2.29. The van der Waals surface area contributed by atoms with Gasteiger partial charge < -0.3 is 19.8 Å². The topological polar surface area (TPSA) is 86.8 Å². The fourth-order valence-electron chi connectivity index (χ4n) is 4.02. The highest BCUT2D eigenvalue weighted by Crippen LogP contribution is 2.52. The molecule has 3 N–H and O–H groups in total. The van der Waals surface area contributed by atoms with E-state index in [9.17, 15) is 5.11 Å². The lowest BCUT2D eigenvalue weighted by Gasteiger charge is -2.51. The Hall–Kier alpha value is -2.86. The van der Waals surface area contributed by atoms with Gasteiger partial charge >= 0.3 is 0 Å². The van der Waals surface area contributed by atoms with E-state index >= 15 is 0 Å². The number of aliphatic hydroxyl groups excluding tert-OH is 1. The van der Waals surface area contributed by atoms with Crippen molar-refractivity contribution in [3.05, 3.63) is 54.6 Å². The van der Waals surface area contributed by atoms with Crippen molar-refractivity contribution in [3.63, 3.8) is 0 Å². The summed E-state index contributed by atoms with van der Waals surface area (Å²) in [6, 6.07) is 10.1. The molecule has 0 saturated heterocycles. The lowest BCUT2D eigenvalue weighted by Crippen LogP contribution is -2.54. The molecule has 0 amide bonds. The summed E-state index contributed by atoms with van der Waals surface area (Å²) < 4.78 is 6.36. The number of nitrogens with one attached hydrogen (secondary N) is 2. The van der Waals surface area contributed by atoms with Crippen molar-refractivity contribution >= 4 is 22.1 Å². The molecule has 0 spiro atoms. The van der Waals surface area contributed by atoms with Crippen LogP contribution < -0.4 is 4.74 Å². The molecule has 3 atom stereocenters. The van der Waals surface area contributed by atoms with Crippen LogP contribution in [0.4, 0.5) is 0 Å². The second-order valence-corrected chi connectivity index (χ2v) is 7.40. The minimum absolute atomic E-state index is 0.0945. The van der Waals surface area contributed by atoms with Gasteiger partial charge in [0, 0.05) is 46.5 Å². The van der Waals surface area contributed by atoms with Crippen molar-refractivity contribution in [1.29, 1.82) is 0 Å². The van der Waals surface area contributed by atoms with E-state index in [-0.39, 0.29) is 24.0 Å². The maximum atomic E-state index is 9.92. The van der Waals surface area contributed by atoms with Crippen molar-refractivity contribution in [2.75, 3.05) is 6.61 Å². The molecule has 0 radical (unpaired) electrons. The first-order chi connectivity index (χ1) is 12.7. The fraction of sp³-hybridized carbons (Fsp3) is 0.300. The van der Waals surface area contributed by atoms with E-state index < -0.39 is 0 Å². The molecule has 6 heteroatoms. The zero-order valence-corrected chi connectivity index (χ0v) is 14.4. The van der Waals surface area contributed by atoms with Crippen LogP contribution in [0.15, 0.2) is 48.9 Å². The number of ether oxygens (including phenoxy) is 1. The first-order valence-corrected chi connectivity index (χ1v) is 8.81. The summed E-state index contributed by atoms with van der Waals surface area (Å²) in [5, 5.41) is 11.0. The van der Waals surface area contributed by atoms with Crippen LogP contribution in [0.25, 0.3) is 22.1 Å². The lowest BCUT2D eigenvalue weighted by atomic mass is 9.59. The second-order valence-electron chi connectivity index (χ2n) is 7.40. The fourth-order valence-corrected chi connectivity index (χ4v) is 4.02. The number of benzene rings is 1. The van der Waals surface area contributed by atoms with E-state index in [0.29, 0.717) is 0 Å². The predicted octanol–water partition coefficient (Wildman–Crippen LogP) is 3.37. The number of nitrogens with zero attached hydrogens (tertiary/aromatic N) is 2. The highest BCUT2D eigenvalue weighted by atomic mass is 16.5. The largest absolute Gasteiger partial charge is 0.489 e. The summed E-state index contributed by atoms with van der Waals surface area (Å²) in [4.78, 5) is 15.2. The van der Waals surface area contributed by atoms with E-state index in [1.54, 1.807) is 12.4 Å². The van der Waals surface area contributed by atoms with E-state index in [2.05, 4.69) is 26.9 Å². The Morgan fingerprint density at radius 3 is 2.96 bits per heavy atom.